The first-order chi connectivity index (χ1) is 22.3. The van der Waals surface area contributed by atoms with Gasteiger partial charge in [0.15, 0.2) is 5.75 Å². The number of hydrogen-bond donors (Lipinski definition) is 1. The second-order valence-corrected chi connectivity index (χ2v) is 13.0. The molecule has 3 aromatic carbocycles. The molecule has 1 aliphatic heterocycles. The average Bonchev–Trinajstić information content (AvgIpc) is 3.33. The van der Waals surface area contributed by atoms with Crippen molar-refractivity contribution in [1.29, 1.82) is 0 Å². The van der Waals surface area contributed by atoms with Crippen LogP contribution in [0.25, 0.3) is 11.0 Å². The Bertz CT molecular complexity index is 1870. The molecule has 0 saturated carbocycles. The molecule has 2 heterocycles. The Hall–Kier alpha value is -4.05. The summed E-state index contributed by atoms with van der Waals surface area (Å²) in [6.07, 6.45) is 1.67. The fourth-order valence-corrected chi connectivity index (χ4v) is 6.40. The number of methoxy groups -OCH3 is 1. The van der Waals surface area contributed by atoms with Gasteiger partial charge in [-0.2, -0.15) is 17.2 Å². The number of nitrogens with zero attached hydrogens (tertiary/aromatic N) is 4. The van der Waals surface area contributed by atoms with Crippen molar-refractivity contribution in [2.24, 2.45) is 12.2 Å². The van der Waals surface area contributed by atoms with E-state index in [0.717, 1.165) is 44.7 Å². The second kappa shape index (κ2) is 14.4. The summed E-state index contributed by atoms with van der Waals surface area (Å²) in [7, 11) is -1.74. The number of piperidine rings is 1. The van der Waals surface area contributed by atoms with Crippen molar-refractivity contribution in [2.75, 3.05) is 31.0 Å². The van der Waals surface area contributed by atoms with E-state index in [1.54, 1.807) is 23.7 Å². The smallest absolute Gasteiger partial charge is 0.387 e. The van der Waals surface area contributed by atoms with Gasteiger partial charge in [0.05, 0.1) is 24.9 Å². The van der Waals surface area contributed by atoms with Crippen LogP contribution in [0.1, 0.15) is 35.7 Å². The molecule has 16 heteroatoms. The quantitative estimate of drug-likeness (QED) is 0.203. The van der Waals surface area contributed by atoms with Gasteiger partial charge in [-0.05, 0) is 67.7 Å². The summed E-state index contributed by atoms with van der Waals surface area (Å²) >= 11 is 5.84. The number of aryl methyl sites for hydroxylation is 1. The Balaban J connectivity index is 1.30. The Kier molecular flexibility index (Phi) is 10.5. The van der Waals surface area contributed by atoms with Gasteiger partial charge in [-0.15, -0.1) is 0 Å². The Morgan fingerprint density at radius 1 is 1.15 bits per heavy atom. The highest BCUT2D eigenvalue weighted by molar-refractivity contribution is 7.90. The maximum Gasteiger partial charge on any atom is 0.387 e. The number of rotatable bonds is 12. The van der Waals surface area contributed by atoms with Crippen LogP contribution in [0.3, 0.4) is 0 Å². The lowest BCUT2D eigenvalue weighted by Crippen LogP contribution is -2.40. The zero-order valence-corrected chi connectivity index (χ0v) is 27.1. The van der Waals surface area contributed by atoms with Crippen molar-refractivity contribution in [1.82, 2.24) is 14.5 Å². The maximum absolute atomic E-state index is 14.2. The summed E-state index contributed by atoms with van der Waals surface area (Å²) < 4.78 is 82.9. The van der Waals surface area contributed by atoms with E-state index in [2.05, 4.69) is 14.6 Å². The number of carbonyl (C=O) groups is 1. The summed E-state index contributed by atoms with van der Waals surface area (Å²) in [6, 6.07) is 14.6. The molecule has 11 nitrogen and oxygen atoms in total. The van der Waals surface area contributed by atoms with E-state index in [1.165, 1.54) is 12.1 Å². The highest BCUT2D eigenvalue weighted by atomic mass is 35.5. The minimum atomic E-state index is -4.49. The van der Waals surface area contributed by atoms with Crippen LogP contribution in [0.2, 0.25) is 5.02 Å². The monoisotopic (exact) mass is 695 g/mol. The van der Waals surface area contributed by atoms with Gasteiger partial charge in [-0.3, -0.25) is 9.69 Å². The van der Waals surface area contributed by atoms with E-state index in [0.29, 0.717) is 38.5 Å². The Labute approximate surface area is 274 Å². The molecular formula is C31H33ClF3N5O6S. The largest absolute Gasteiger partial charge is 0.489 e. The predicted molar refractivity (Wildman–Crippen MR) is 169 cm³/mol. The summed E-state index contributed by atoms with van der Waals surface area (Å²) in [5, 5.41) is 5.65. The van der Waals surface area contributed by atoms with Crippen LogP contribution in [0.15, 0.2) is 54.6 Å². The van der Waals surface area contributed by atoms with Crippen LogP contribution < -0.4 is 18.9 Å². The van der Waals surface area contributed by atoms with Crippen molar-refractivity contribution < 1.29 is 40.6 Å². The molecule has 0 bridgehead atoms. The van der Waals surface area contributed by atoms with Crippen molar-refractivity contribution in [3.8, 4) is 11.5 Å². The van der Waals surface area contributed by atoms with Crippen LogP contribution in [0, 0.1) is 5.82 Å². The van der Waals surface area contributed by atoms with Crippen LogP contribution in [0.5, 0.6) is 11.5 Å². The molecule has 47 heavy (non-hydrogen) atoms. The third-order valence-corrected chi connectivity index (χ3v) is 9.22. The van der Waals surface area contributed by atoms with Gasteiger partial charge in [0.2, 0.25) is 0 Å². The average molecular weight is 696 g/mol. The van der Waals surface area contributed by atoms with Gasteiger partial charge in [-0.1, -0.05) is 29.8 Å². The molecule has 2 N–H and O–H groups in total. The number of fused-ring (bicyclic) bond motifs is 1. The van der Waals surface area contributed by atoms with Gasteiger partial charge in [0, 0.05) is 23.7 Å². The summed E-state index contributed by atoms with van der Waals surface area (Å²) in [5.74, 6) is -0.272. The fourth-order valence-electron chi connectivity index (χ4n) is 5.55. The molecule has 0 unspecified atom stereocenters. The van der Waals surface area contributed by atoms with Crippen LogP contribution in [-0.2, 0) is 39.9 Å². The second-order valence-electron chi connectivity index (χ2n) is 11.1. The first-order valence-corrected chi connectivity index (χ1v) is 16.4. The van der Waals surface area contributed by atoms with E-state index in [9.17, 15) is 26.4 Å². The topological polar surface area (TPSA) is 129 Å². The van der Waals surface area contributed by atoms with Gasteiger partial charge in [0.25, 0.3) is 10.2 Å². The molecule has 1 aliphatic rings. The third-order valence-electron chi connectivity index (χ3n) is 8.03. The number of carbonyl (C=O) groups excluding carboxylic acids is 1. The van der Waals surface area contributed by atoms with E-state index < -0.39 is 35.2 Å². The standard InChI is InChI=1S/C31H33ClF3N5O6S/c1-38-26-14-23(40(47(36,42)43)17-29(41)44-2)15-27(46-31(34)35)30(26)37-28(38)16-39-10-8-19(9-11-39)20-4-3-5-24(12-20)45-18-21-6-7-22(32)13-25(21)33/h3-7,12-15,19,31H,8-11,16-18H2,1-2H3,(H2,36,42,43). The maximum atomic E-state index is 14.2. The van der Waals surface area contributed by atoms with Crippen LogP contribution in [0.4, 0.5) is 18.9 Å². The highest BCUT2D eigenvalue weighted by Gasteiger charge is 2.27. The van der Waals surface area contributed by atoms with Crippen LogP contribution >= 0.6 is 11.6 Å². The lowest BCUT2D eigenvalue weighted by atomic mass is 9.89. The molecular weight excluding hydrogens is 663 g/mol. The molecule has 0 atom stereocenters. The number of nitrogens with two attached hydrogens (primary N) is 1. The van der Waals surface area contributed by atoms with E-state index >= 15 is 0 Å². The van der Waals surface area contributed by atoms with Crippen molar-refractivity contribution >= 4 is 44.5 Å². The molecule has 4 aromatic rings. The number of aromatic nitrogens is 2. The normalized spacial score (nSPS) is 14.5. The lowest BCUT2D eigenvalue weighted by Gasteiger charge is -2.32. The Morgan fingerprint density at radius 2 is 1.89 bits per heavy atom. The summed E-state index contributed by atoms with van der Waals surface area (Å²) in [6.45, 7) is -2.09. The molecule has 1 saturated heterocycles. The van der Waals surface area contributed by atoms with E-state index in [1.807, 2.05) is 24.3 Å². The Morgan fingerprint density at radius 3 is 2.55 bits per heavy atom. The summed E-state index contributed by atoms with van der Waals surface area (Å²) in [4.78, 5) is 18.7. The first kappa shape index (κ1) is 34.3. The molecule has 0 amide bonds. The number of halogens is 4. The van der Waals surface area contributed by atoms with Gasteiger partial charge in [-0.25, -0.2) is 18.8 Å². The summed E-state index contributed by atoms with van der Waals surface area (Å²) in [5.41, 5.74) is 1.75. The van der Waals surface area contributed by atoms with E-state index in [-0.39, 0.29) is 29.5 Å². The molecule has 0 radical (unpaired) electrons. The van der Waals surface area contributed by atoms with Crippen molar-refractivity contribution in [3.63, 3.8) is 0 Å². The molecule has 0 aliphatic carbocycles. The first-order valence-electron chi connectivity index (χ1n) is 14.5. The number of hydrogen-bond acceptors (Lipinski definition) is 8. The van der Waals surface area contributed by atoms with E-state index in [4.69, 9.17) is 26.2 Å². The minimum absolute atomic E-state index is 0.0693. The fraction of sp³-hybridized carbons (Fsp3) is 0.355. The third kappa shape index (κ3) is 8.27. The SMILES string of the molecule is COC(=O)CN(c1cc(OC(F)F)c2nc(CN3CCC(c4cccc(OCc5ccc(Cl)cc5F)c4)CC3)n(C)c2c1)S(N)(=O)=O. The number of esters is 1. The lowest BCUT2D eigenvalue weighted by molar-refractivity contribution is -0.138. The zero-order valence-electron chi connectivity index (χ0n) is 25.5. The molecule has 5 rings (SSSR count). The number of alkyl halides is 2. The predicted octanol–water partition coefficient (Wildman–Crippen LogP) is 5.11. The molecule has 0 spiro atoms. The van der Waals surface area contributed by atoms with Gasteiger partial charge in [0.1, 0.15) is 36.1 Å². The minimum Gasteiger partial charge on any atom is -0.489 e. The highest BCUT2D eigenvalue weighted by Crippen LogP contribution is 2.35. The number of likely N-dealkylation sites (tertiary alicyclic amines) is 1. The van der Waals surface area contributed by atoms with Crippen molar-refractivity contribution in [3.05, 3.63) is 82.4 Å². The number of ether oxygens (including phenoxy) is 3. The molecule has 252 valence electrons. The van der Waals surface area contributed by atoms with Gasteiger partial charge < -0.3 is 18.8 Å². The number of benzene rings is 3. The number of imidazole rings is 1. The number of anilines is 1. The molecule has 1 aromatic heterocycles. The van der Waals surface area contributed by atoms with Gasteiger partial charge >= 0.3 is 12.6 Å². The zero-order chi connectivity index (χ0) is 33.9. The van der Waals surface area contributed by atoms with Crippen molar-refractivity contribution in [2.45, 2.75) is 38.5 Å². The molecule has 1 fully saturated rings. The van der Waals surface area contributed by atoms with Crippen LogP contribution in [-0.4, -0.2) is 62.2 Å².